The van der Waals surface area contributed by atoms with Gasteiger partial charge in [0.15, 0.2) is 0 Å². The van der Waals surface area contributed by atoms with Crippen molar-refractivity contribution in [3.8, 4) is 0 Å². The number of rotatable bonds is 5. The van der Waals surface area contributed by atoms with E-state index in [4.69, 9.17) is 4.74 Å². The maximum atomic E-state index is 12.0. The van der Waals surface area contributed by atoms with Gasteiger partial charge in [-0.3, -0.25) is 4.79 Å². The molecular formula is C18H30N2O3. The predicted octanol–water partition coefficient (Wildman–Crippen LogP) is 2.87. The summed E-state index contributed by atoms with van der Waals surface area (Å²) in [5.41, 5.74) is 1.48. The largest absolute Gasteiger partial charge is 0.449 e. The number of amides is 2. The van der Waals surface area contributed by atoms with Gasteiger partial charge in [-0.15, -0.1) is 0 Å². The molecule has 0 aromatic rings. The van der Waals surface area contributed by atoms with Crippen LogP contribution in [-0.2, 0) is 9.53 Å². The van der Waals surface area contributed by atoms with Gasteiger partial charge >= 0.3 is 6.09 Å². The molecule has 2 rings (SSSR count). The second-order valence-corrected chi connectivity index (χ2v) is 7.24. The van der Waals surface area contributed by atoms with E-state index in [0.29, 0.717) is 24.4 Å². The van der Waals surface area contributed by atoms with E-state index in [2.05, 4.69) is 23.6 Å². The van der Waals surface area contributed by atoms with Crippen LogP contribution >= 0.6 is 0 Å². The zero-order chi connectivity index (χ0) is 17.0. The summed E-state index contributed by atoms with van der Waals surface area (Å²) in [5.74, 6) is 1.73. The van der Waals surface area contributed by atoms with E-state index in [1.165, 1.54) is 18.4 Å². The minimum Gasteiger partial charge on any atom is -0.449 e. The summed E-state index contributed by atoms with van der Waals surface area (Å²) in [5, 5.41) is 5.25. The van der Waals surface area contributed by atoms with Crippen LogP contribution in [0.2, 0.25) is 0 Å². The van der Waals surface area contributed by atoms with Crippen molar-refractivity contribution in [2.24, 2.45) is 23.7 Å². The Balaban J connectivity index is 1.76. The molecule has 1 saturated carbocycles. The van der Waals surface area contributed by atoms with E-state index in [1.54, 1.807) is 7.05 Å². The first-order chi connectivity index (χ1) is 10.9. The zero-order valence-electron chi connectivity index (χ0n) is 14.7. The first-order valence-electron chi connectivity index (χ1n) is 8.74. The molecule has 0 saturated heterocycles. The third-order valence-corrected chi connectivity index (χ3v) is 5.25. The number of hydrogen-bond donors (Lipinski definition) is 2. The van der Waals surface area contributed by atoms with Gasteiger partial charge in [0.05, 0.1) is 6.61 Å². The molecule has 4 atom stereocenters. The van der Waals surface area contributed by atoms with Gasteiger partial charge in [-0.2, -0.15) is 0 Å². The van der Waals surface area contributed by atoms with Crippen molar-refractivity contribution in [1.29, 1.82) is 0 Å². The van der Waals surface area contributed by atoms with Gasteiger partial charge in [0, 0.05) is 7.05 Å². The van der Waals surface area contributed by atoms with Crippen molar-refractivity contribution in [2.45, 2.75) is 52.5 Å². The third-order valence-electron chi connectivity index (χ3n) is 5.25. The highest BCUT2D eigenvalue weighted by molar-refractivity contribution is 5.85. The molecule has 0 aliphatic heterocycles. The number of likely N-dealkylation sites (N-methyl/N-ethyl adjacent to an activating group) is 1. The summed E-state index contributed by atoms with van der Waals surface area (Å²) in [7, 11) is 1.57. The lowest BCUT2D eigenvalue weighted by molar-refractivity contribution is -0.123. The third kappa shape index (κ3) is 4.72. The molecule has 0 aromatic carbocycles. The van der Waals surface area contributed by atoms with Crippen LogP contribution in [0.25, 0.3) is 0 Å². The van der Waals surface area contributed by atoms with Crippen molar-refractivity contribution >= 4 is 12.0 Å². The van der Waals surface area contributed by atoms with E-state index >= 15 is 0 Å². The maximum absolute atomic E-state index is 12.0. The van der Waals surface area contributed by atoms with E-state index in [-0.39, 0.29) is 11.8 Å². The molecule has 0 heterocycles. The Hall–Kier alpha value is -1.52. The number of hydrogen-bond acceptors (Lipinski definition) is 3. The average Bonchev–Trinajstić information content (AvgIpc) is 3.16. The summed E-state index contributed by atoms with van der Waals surface area (Å²) >= 11 is 0. The Bertz CT molecular complexity index is 473. The second kappa shape index (κ2) is 7.84. The lowest BCUT2D eigenvalue weighted by Crippen LogP contribution is -2.49. The number of alkyl carbamates (subject to hydrolysis) is 1. The zero-order valence-corrected chi connectivity index (χ0v) is 14.7. The Morgan fingerprint density at radius 1 is 1.30 bits per heavy atom. The standard InChI is InChI=1S/C18H30N2O3/c1-11(2)16(17(21)19-4)20-18(22)23-10-15-13-7-5-6-12(3)8-9-14(13)15/h6,11,13-16H,5,7-10H2,1-4H3,(H,19,21)(H,20,22)/b12-6-/t13-,14+,15+,16-/m0/s1. The van der Waals surface area contributed by atoms with Crippen molar-refractivity contribution in [2.75, 3.05) is 13.7 Å². The molecule has 2 amide bonds. The molecule has 0 radical (unpaired) electrons. The molecule has 0 bridgehead atoms. The fourth-order valence-corrected chi connectivity index (χ4v) is 3.68. The van der Waals surface area contributed by atoms with Gasteiger partial charge < -0.3 is 15.4 Å². The predicted molar refractivity (Wildman–Crippen MR) is 89.9 cm³/mol. The minimum absolute atomic E-state index is 0.0204. The Morgan fingerprint density at radius 3 is 2.65 bits per heavy atom. The molecule has 2 aliphatic carbocycles. The van der Waals surface area contributed by atoms with Crippen LogP contribution in [0.5, 0.6) is 0 Å². The Labute approximate surface area is 139 Å². The van der Waals surface area contributed by atoms with Gasteiger partial charge in [0.1, 0.15) is 6.04 Å². The molecule has 1 fully saturated rings. The molecule has 0 aromatic heterocycles. The molecule has 0 unspecified atom stereocenters. The summed E-state index contributed by atoms with van der Waals surface area (Å²) in [6.45, 7) is 6.47. The van der Waals surface area contributed by atoms with Crippen LogP contribution in [0.4, 0.5) is 4.79 Å². The highest BCUT2D eigenvalue weighted by Crippen LogP contribution is 2.53. The number of carbonyl (C=O) groups is 2. The van der Waals surface area contributed by atoms with Gasteiger partial charge in [0.2, 0.25) is 5.91 Å². The van der Waals surface area contributed by atoms with E-state index in [1.807, 2.05) is 13.8 Å². The highest BCUT2D eigenvalue weighted by Gasteiger charge is 2.49. The minimum atomic E-state index is -0.549. The van der Waals surface area contributed by atoms with E-state index < -0.39 is 12.1 Å². The van der Waals surface area contributed by atoms with Crippen molar-refractivity contribution in [1.82, 2.24) is 10.6 Å². The molecule has 5 heteroatoms. The summed E-state index contributed by atoms with van der Waals surface area (Å²) in [6, 6.07) is -0.549. The quantitative estimate of drug-likeness (QED) is 0.765. The monoisotopic (exact) mass is 322 g/mol. The topological polar surface area (TPSA) is 67.4 Å². The van der Waals surface area contributed by atoms with Crippen LogP contribution in [0, 0.1) is 23.7 Å². The number of ether oxygens (including phenoxy) is 1. The summed E-state index contributed by atoms with van der Waals surface area (Å²) < 4.78 is 5.39. The van der Waals surface area contributed by atoms with Crippen molar-refractivity contribution < 1.29 is 14.3 Å². The number of allylic oxidation sites excluding steroid dienone is 2. The molecule has 5 nitrogen and oxygen atoms in total. The maximum Gasteiger partial charge on any atom is 0.407 e. The van der Waals surface area contributed by atoms with Crippen LogP contribution in [0.1, 0.15) is 46.5 Å². The number of carbonyl (C=O) groups excluding carboxylic acids is 2. The van der Waals surface area contributed by atoms with Crippen molar-refractivity contribution in [3.63, 3.8) is 0 Å². The lowest BCUT2D eigenvalue weighted by atomic mass is 10.0. The SMILES string of the molecule is CNC(=O)[C@@H](NC(=O)OC[C@H]1[C@@H]2CC/C(C)=C\CC[C@@H]21)C(C)C. The fraction of sp³-hybridized carbons (Fsp3) is 0.778. The van der Waals surface area contributed by atoms with Crippen LogP contribution < -0.4 is 10.6 Å². The molecule has 23 heavy (non-hydrogen) atoms. The second-order valence-electron chi connectivity index (χ2n) is 7.24. The number of fused-ring (bicyclic) bond motifs is 1. The Kier molecular flexibility index (Phi) is 6.08. The summed E-state index contributed by atoms with van der Waals surface area (Å²) in [6.07, 6.45) is 6.56. The fourth-order valence-electron chi connectivity index (χ4n) is 3.68. The number of nitrogens with one attached hydrogen (secondary N) is 2. The van der Waals surface area contributed by atoms with E-state index in [9.17, 15) is 9.59 Å². The molecule has 2 N–H and O–H groups in total. The van der Waals surface area contributed by atoms with Crippen LogP contribution in [0.15, 0.2) is 11.6 Å². The van der Waals surface area contributed by atoms with Crippen LogP contribution in [-0.4, -0.2) is 31.7 Å². The first kappa shape index (κ1) is 17.8. The van der Waals surface area contributed by atoms with E-state index in [0.717, 1.165) is 12.8 Å². The molecule has 2 aliphatic rings. The first-order valence-corrected chi connectivity index (χ1v) is 8.74. The normalized spacial score (nSPS) is 30.1. The van der Waals surface area contributed by atoms with Gasteiger partial charge in [-0.25, -0.2) is 4.79 Å². The van der Waals surface area contributed by atoms with Gasteiger partial charge in [-0.1, -0.05) is 25.5 Å². The molecule has 0 spiro atoms. The van der Waals surface area contributed by atoms with Crippen molar-refractivity contribution in [3.05, 3.63) is 11.6 Å². The smallest absolute Gasteiger partial charge is 0.407 e. The highest BCUT2D eigenvalue weighted by atomic mass is 16.5. The van der Waals surface area contributed by atoms with Crippen LogP contribution in [0.3, 0.4) is 0 Å². The van der Waals surface area contributed by atoms with Gasteiger partial charge in [0.25, 0.3) is 0 Å². The summed E-state index contributed by atoms with van der Waals surface area (Å²) in [4.78, 5) is 23.7. The Morgan fingerprint density at radius 2 is 2.00 bits per heavy atom. The lowest BCUT2D eigenvalue weighted by Gasteiger charge is -2.20. The molecular weight excluding hydrogens is 292 g/mol. The average molecular weight is 322 g/mol. The van der Waals surface area contributed by atoms with Gasteiger partial charge in [-0.05, 0) is 56.3 Å². The molecule has 130 valence electrons.